The molecule has 1 rings (SSSR count). The fourth-order valence-electron chi connectivity index (χ4n) is 1.12. The van der Waals surface area contributed by atoms with Crippen LogP contribution in [0.4, 0.5) is 0 Å². The van der Waals surface area contributed by atoms with E-state index < -0.39 is 6.10 Å². The monoisotopic (exact) mass is 158 g/mol. The van der Waals surface area contributed by atoms with Gasteiger partial charge in [0.15, 0.2) is 0 Å². The second kappa shape index (κ2) is 4.43. The van der Waals surface area contributed by atoms with Gasteiger partial charge in [-0.25, -0.2) is 0 Å². The van der Waals surface area contributed by atoms with Crippen molar-refractivity contribution in [2.24, 2.45) is 0 Å². The van der Waals surface area contributed by atoms with Crippen LogP contribution >= 0.6 is 0 Å². The summed E-state index contributed by atoms with van der Waals surface area (Å²) in [6.45, 7) is 2.65. The van der Waals surface area contributed by atoms with E-state index in [1.165, 1.54) is 0 Å². The second-order valence-electron chi connectivity index (χ2n) is 2.50. The van der Waals surface area contributed by atoms with Gasteiger partial charge in [0.2, 0.25) is 6.29 Å². The lowest BCUT2D eigenvalue weighted by atomic mass is 10.3. The Bertz CT molecular complexity index is 127. The summed E-state index contributed by atoms with van der Waals surface area (Å²) in [5.74, 6) is 0. The van der Waals surface area contributed by atoms with E-state index in [0.29, 0.717) is 19.7 Å². The fourth-order valence-corrected chi connectivity index (χ4v) is 1.12. The van der Waals surface area contributed by atoms with E-state index in [-0.39, 0.29) is 6.61 Å². The molecule has 1 saturated heterocycles. The van der Waals surface area contributed by atoms with Crippen molar-refractivity contribution in [3.05, 3.63) is 0 Å². The molecular weight excluding hydrogens is 146 g/mol. The summed E-state index contributed by atoms with van der Waals surface area (Å²) in [4.78, 5) is 12.2. The molecule has 11 heavy (non-hydrogen) atoms. The van der Waals surface area contributed by atoms with Crippen molar-refractivity contribution in [1.82, 2.24) is 4.90 Å². The summed E-state index contributed by atoms with van der Waals surface area (Å²) in [7, 11) is 0. The molecule has 4 nitrogen and oxygen atoms in total. The van der Waals surface area contributed by atoms with Gasteiger partial charge in [0.25, 0.3) is 0 Å². The molecule has 0 saturated carbocycles. The molecule has 0 bridgehead atoms. The van der Waals surface area contributed by atoms with Gasteiger partial charge in [-0.2, -0.15) is 0 Å². The first kappa shape index (κ1) is 8.64. The first-order valence-electron chi connectivity index (χ1n) is 3.69. The molecule has 1 radical (unpaired) electrons. The van der Waals surface area contributed by atoms with E-state index >= 15 is 0 Å². The Kier molecular flexibility index (Phi) is 3.48. The summed E-state index contributed by atoms with van der Waals surface area (Å²) in [6, 6.07) is 0. The van der Waals surface area contributed by atoms with Crippen LogP contribution < -0.4 is 0 Å². The molecular formula is C7H12NO3. The van der Waals surface area contributed by atoms with Crippen LogP contribution in [-0.2, 0) is 9.53 Å². The molecule has 0 aliphatic carbocycles. The number of ether oxygens (including phenoxy) is 1. The number of aliphatic hydroxyl groups excluding tert-OH is 1. The average Bonchev–Trinajstić information content (AvgIpc) is 2.06. The van der Waals surface area contributed by atoms with E-state index in [4.69, 9.17) is 9.84 Å². The highest BCUT2D eigenvalue weighted by atomic mass is 16.5. The molecule has 1 atom stereocenters. The summed E-state index contributed by atoms with van der Waals surface area (Å²) in [6.07, 6.45) is 1.38. The maximum Gasteiger partial charge on any atom is 0.231 e. The molecule has 0 aromatic heterocycles. The molecule has 0 aromatic rings. The Hall–Kier alpha value is -0.450. The van der Waals surface area contributed by atoms with Crippen LogP contribution in [0.5, 0.6) is 0 Å². The average molecular weight is 158 g/mol. The Balaban J connectivity index is 2.27. The highest BCUT2D eigenvalue weighted by Crippen LogP contribution is 2.01. The molecule has 0 spiro atoms. The molecule has 1 heterocycles. The van der Waals surface area contributed by atoms with Crippen LogP contribution in [0.15, 0.2) is 0 Å². The first-order valence-corrected chi connectivity index (χ1v) is 3.69. The Morgan fingerprint density at radius 2 is 2.55 bits per heavy atom. The third kappa shape index (κ3) is 2.57. The zero-order chi connectivity index (χ0) is 8.10. The standard InChI is InChI=1S/C7H12NO3/c9-3-1-8-2-4-11-7(5-8)6-10/h7,9H,1-5H2. The van der Waals surface area contributed by atoms with Crippen LogP contribution in [0.2, 0.25) is 0 Å². The van der Waals surface area contributed by atoms with Gasteiger partial charge in [-0.15, -0.1) is 0 Å². The molecule has 1 aliphatic heterocycles. The Labute approximate surface area is 65.8 Å². The number of β-amino-alcohol motifs (C(OH)–C–C–N with tert-alkyl or cyclic N) is 1. The van der Waals surface area contributed by atoms with E-state index in [1.54, 1.807) is 6.29 Å². The third-order valence-electron chi connectivity index (χ3n) is 1.70. The molecule has 1 aliphatic rings. The van der Waals surface area contributed by atoms with Gasteiger partial charge in [0.1, 0.15) is 6.10 Å². The number of aliphatic hydroxyl groups is 1. The van der Waals surface area contributed by atoms with Gasteiger partial charge in [-0.1, -0.05) is 0 Å². The van der Waals surface area contributed by atoms with E-state index in [0.717, 1.165) is 6.54 Å². The number of carbonyl (C=O) groups excluding carboxylic acids is 1. The van der Waals surface area contributed by atoms with Crippen LogP contribution in [0.25, 0.3) is 0 Å². The predicted molar refractivity (Wildman–Crippen MR) is 39.0 cm³/mol. The molecule has 4 heteroatoms. The first-order chi connectivity index (χ1) is 5.36. The minimum absolute atomic E-state index is 0.131. The molecule has 1 unspecified atom stereocenters. The summed E-state index contributed by atoms with van der Waals surface area (Å²) >= 11 is 0. The predicted octanol–water partition coefficient (Wildman–Crippen LogP) is -1.21. The van der Waals surface area contributed by atoms with Gasteiger partial charge >= 0.3 is 0 Å². The lowest BCUT2D eigenvalue weighted by molar-refractivity contribution is 0.000344. The van der Waals surface area contributed by atoms with Crippen molar-refractivity contribution in [2.75, 3.05) is 32.8 Å². The second-order valence-corrected chi connectivity index (χ2v) is 2.50. The molecule has 1 fully saturated rings. The molecule has 1 N–H and O–H groups in total. The van der Waals surface area contributed by atoms with Crippen molar-refractivity contribution in [1.29, 1.82) is 0 Å². The maximum atomic E-state index is 10.2. The van der Waals surface area contributed by atoms with Gasteiger partial charge in [0, 0.05) is 19.6 Å². The topological polar surface area (TPSA) is 49.8 Å². The highest BCUT2D eigenvalue weighted by molar-refractivity contribution is 5.57. The van der Waals surface area contributed by atoms with E-state index in [9.17, 15) is 4.79 Å². The largest absolute Gasteiger partial charge is 0.395 e. The lowest BCUT2D eigenvalue weighted by Gasteiger charge is -2.29. The minimum Gasteiger partial charge on any atom is -0.395 e. The quantitative estimate of drug-likeness (QED) is 0.560. The summed E-state index contributed by atoms with van der Waals surface area (Å²) in [5.41, 5.74) is 0. The highest BCUT2D eigenvalue weighted by Gasteiger charge is 2.19. The van der Waals surface area contributed by atoms with Gasteiger partial charge in [-0.3, -0.25) is 9.69 Å². The van der Waals surface area contributed by atoms with Crippen LogP contribution in [0, 0.1) is 0 Å². The Morgan fingerprint density at radius 1 is 1.73 bits per heavy atom. The normalized spacial score (nSPS) is 26.8. The minimum atomic E-state index is -0.421. The van der Waals surface area contributed by atoms with Crippen molar-refractivity contribution in [2.45, 2.75) is 6.10 Å². The van der Waals surface area contributed by atoms with E-state index in [2.05, 4.69) is 0 Å². The van der Waals surface area contributed by atoms with Gasteiger partial charge in [0.05, 0.1) is 13.2 Å². The van der Waals surface area contributed by atoms with Crippen molar-refractivity contribution >= 4 is 6.29 Å². The number of hydrogen-bond acceptors (Lipinski definition) is 4. The molecule has 63 valence electrons. The van der Waals surface area contributed by atoms with Crippen LogP contribution in [-0.4, -0.2) is 55.2 Å². The number of hydrogen-bond donors (Lipinski definition) is 1. The zero-order valence-corrected chi connectivity index (χ0v) is 6.32. The van der Waals surface area contributed by atoms with Crippen molar-refractivity contribution in [3.8, 4) is 0 Å². The number of morpholine rings is 1. The summed E-state index contributed by atoms with van der Waals surface area (Å²) < 4.78 is 5.06. The van der Waals surface area contributed by atoms with Crippen molar-refractivity contribution < 1.29 is 14.6 Å². The Morgan fingerprint density at radius 3 is 3.18 bits per heavy atom. The van der Waals surface area contributed by atoms with Crippen LogP contribution in [0.1, 0.15) is 0 Å². The molecule has 0 amide bonds. The smallest absolute Gasteiger partial charge is 0.231 e. The SMILES string of the molecule is O=[C]C1CN(CCO)CCO1. The molecule has 0 aromatic carbocycles. The van der Waals surface area contributed by atoms with Crippen LogP contribution in [0.3, 0.4) is 0 Å². The number of rotatable bonds is 3. The summed E-state index contributed by atoms with van der Waals surface area (Å²) in [5, 5.41) is 8.60. The van der Waals surface area contributed by atoms with Gasteiger partial charge in [-0.05, 0) is 0 Å². The van der Waals surface area contributed by atoms with E-state index in [1.807, 2.05) is 4.90 Å². The van der Waals surface area contributed by atoms with Gasteiger partial charge < -0.3 is 9.84 Å². The lowest BCUT2D eigenvalue weighted by Crippen LogP contribution is -2.44. The fraction of sp³-hybridized carbons (Fsp3) is 0.857. The maximum absolute atomic E-state index is 10.2. The zero-order valence-electron chi connectivity index (χ0n) is 6.32. The number of nitrogens with zero attached hydrogens (tertiary/aromatic N) is 1. The van der Waals surface area contributed by atoms with Crippen molar-refractivity contribution in [3.63, 3.8) is 0 Å². The third-order valence-corrected chi connectivity index (χ3v) is 1.70.